The van der Waals surface area contributed by atoms with Crippen molar-refractivity contribution in [3.8, 4) is 5.75 Å². The lowest BCUT2D eigenvalue weighted by Gasteiger charge is -2.44. The van der Waals surface area contributed by atoms with Crippen molar-refractivity contribution < 1.29 is 14.3 Å². The van der Waals surface area contributed by atoms with E-state index in [9.17, 15) is 4.79 Å². The summed E-state index contributed by atoms with van der Waals surface area (Å²) >= 11 is 0. The van der Waals surface area contributed by atoms with Crippen LogP contribution < -0.4 is 4.74 Å². The summed E-state index contributed by atoms with van der Waals surface area (Å²) in [6.45, 7) is 11.6. The fraction of sp³-hybridized carbons (Fsp3) is 0.731. The SMILES string of the molecule is CCCN1CCCC2(CCCN2Cc2cccc(OCCCCN3CCOCC3)c2)C1=O. The Labute approximate surface area is 193 Å². The molecule has 6 heteroatoms. The Morgan fingerprint density at radius 3 is 2.66 bits per heavy atom. The van der Waals surface area contributed by atoms with Crippen molar-refractivity contribution in [3.63, 3.8) is 0 Å². The van der Waals surface area contributed by atoms with Crippen molar-refractivity contribution in [1.82, 2.24) is 14.7 Å². The molecular weight excluding hydrogens is 402 g/mol. The van der Waals surface area contributed by atoms with Crippen molar-refractivity contribution in [2.45, 2.75) is 64.0 Å². The summed E-state index contributed by atoms with van der Waals surface area (Å²) in [6, 6.07) is 8.49. The molecule has 3 aliphatic rings. The molecule has 6 nitrogen and oxygen atoms in total. The van der Waals surface area contributed by atoms with Gasteiger partial charge in [0, 0.05) is 32.7 Å². The summed E-state index contributed by atoms with van der Waals surface area (Å²) < 4.78 is 11.5. The van der Waals surface area contributed by atoms with E-state index in [4.69, 9.17) is 9.47 Å². The van der Waals surface area contributed by atoms with Gasteiger partial charge in [-0.1, -0.05) is 19.1 Å². The van der Waals surface area contributed by atoms with E-state index >= 15 is 0 Å². The summed E-state index contributed by atoms with van der Waals surface area (Å²) in [5.74, 6) is 1.32. The number of likely N-dealkylation sites (tertiary alicyclic amines) is 2. The van der Waals surface area contributed by atoms with Gasteiger partial charge in [0.2, 0.25) is 5.91 Å². The zero-order valence-corrected chi connectivity index (χ0v) is 19.9. The molecule has 0 aromatic heterocycles. The van der Waals surface area contributed by atoms with Gasteiger partial charge in [-0.3, -0.25) is 14.6 Å². The lowest BCUT2D eigenvalue weighted by molar-refractivity contribution is -0.147. The molecule has 3 heterocycles. The molecule has 0 radical (unpaired) electrons. The van der Waals surface area contributed by atoms with E-state index in [1.807, 2.05) is 0 Å². The third kappa shape index (κ3) is 5.64. The number of carbonyl (C=O) groups is 1. The van der Waals surface area contributed by atoms with E-state index in [1.165, 1.54) is 5.56 Å². The van der Waals surface area contributed by atoms with E-state index in [0.29, 0.717) is 5.91 Å². The maximum Gasteiger partial charge on any atom is 0.243 e. The highest BCUT2D eigenvalue weighted by Gasteiger charge is 2.50. The van der Waals surface area contributed by atoms with Crippen LogP contribution in [0.5, 0.6) is 5.75 Å². The number of ether oxygens (including phenoxy) is 2. The van der Waals surface area contributed by atoms with Gasteiger partial charge >= 0.3 is 0 Å². The lowest BCUT2D eigenvalue weighted by atomic mass is 9.85. The Hall–Kier alpha value is -1.63. The van der Waals surface area contributed by atoms with E-state index in [0.717, 1.165) is 116 Å². The van der Waals surface area contributed by atoms with E-state index < -0.39 is 0 Å². The van der Waals surface area contributed by atoms with Gasteiger partial charge in [0.15, 0.2) is 0 Å². The number of benzene rings is 1. The van der Waals surface area contributed by atoms with E-state index in [2.05, 4.69) is 45.9 Å². The minimum atomic E-state index is -0.274. The molecule has 178 valence electrons. The second kappa shape index (κ2) is 11.5. The largest absolute Gasteiger partial charge is 0.494 e. The zero-order valence-electron chi connectivity index (χ0n) is 19.9. The van der Waals surface area contributed by atoms with Gasteiger partial charge in [0.25, 0.3) is 0 Å². The van der Waals surface area contributed by atoms with Crippen molar-refractivity contribution in [2.75, 3.05) is 59.1 Å². The maximum absolute atomic E-state index is 13.4. The van der Waals surface area contributed by atoms with Crippen LogP contribution in [0.25, 0.3) is 0 Å². The maximum atomic E-state index is 13.4. The molecule has 1 atom stereocenters. The Morgan fingerprint density at radius 1 is 1.03 bits per heavy atom. The number of rotatable bonds is 10. The molecule has 3 aliphatic heterocycles. The first kappa shape index (κ1) is 23.5. The highest BCUT2D eigenvalue weighted by molar-refractivity contribution is 5.87. The Balaban J connectivity index is 1.28. The standard InChI is InChI=1S/C26H41N3O3/c1-2-12-28-14-6-10-26(25(28)30)11-7-15-29(26)22-23-8-5-9-24(21-23)32-18-4-3-13-27-16-19-31-20-17-27/h5,8-9,21H,2-4,6-7,10-20,22H2,1H3. The third-order valence-electron chi connectivity index (χ3n) is 7.33. The van der Waals surface area contributed by atoms with E-state index in [-0.39, 0.29) is 5.54 Å². The van der Waals surface area contributed by atoms with Gasteiger partial charge < -0.3 is 14.4 Å². The van der Waals surface area contributed by atoms with Crippen LogP contribution in [0.2, 0.25) is 0 Å². The molecule has 1 aromatic carbocycles. The predicted octanol–water partition coefficient (Wildman–Crippen LogP) is 3.54. The van der Waals surface area contributed by atoms with Gasteiger partial charge in [-0.05, 0) is 75.7 Å². The second-order valence-electron chi connectivity index (χ2n) is 9.61. The summed E-state index contributed by atoms with van der Waals surface area (Å²) in [5.41, 5.74) is 0.974. The Bertz CT molecular complexity index is 735. The number of amides is 1. The molecule has 1 aromatic rings. The van der Waals surface area contributed by atoms with Crippen molar-refractivity contribution in [2.24, 2.45) is 0 Å². The smallest absolute Gasteiger partial charge is 0.243 e. The summed E-state index contributed by atoms with van der Waals surface area (Å²) in [4.78, 5) is 20.4. The molecule has 1 spiro atoms. The summed E-state index contributed by atoms with van der Waals surface area (Å²) in [5, 5.41) is 0. The van der Waals surface area contributed by atoms with Crippen LogP contribution in [0.3, 0.4) is 0 Å². The Morgan fingerprint density at radius 2 is 1.84 bits per heavy atom. The van der Waals surface area contributed by atoms with Crippen molar-refractivity contribution in [1.29, 1.82) is 0 Å². The van der Waals surface area contributed by atoms with Gasteiger partial charge in [-0.25, -0.2) is 0 Å². The van der Waals surface area contributed by atoms with Gasteiger partial charge in [0.1, 0.15) is 11.3 Å². The first-order valence-corrected chi connectivity index (χ1v) is 12.8. The average molecular weight is 444 g/mol. The monoisotopic (exact) mass is 443 g/mol. The highest BCUT2D eigenvalue weighted by atomic mass is 16.5. The van der Waals surface area contributed by atoms with Crippen LogP contribution in [0.1, 0.15) is 57.4 Å². The number of hydrogen-bond donors (Lipinski definition) is 0. The average Bonchev–Trinajstić information content (AvgIpc) is 3.20. The molecule has 3 fully saturated rings. The zero-order chi connectivity index (χ0) is 22.2. The van der Waals surface area contributed by atoms with Crippen LogP contribution in [0.4, 0.5) is 0 Å². The second-order valence-corrected chi connectivity index (χ2v) is 9.61. The van der Waals surface area contributed by atoms with Crippen LogP contribution >= 0.6 is 0 Å². The first-order valence-electron chi connectivity index (χ1n) is 12.8. The molecule has 0 N–H and O–H groups in total. The molecule has 32 heavy (non-hydrogen) atoms. The van der Waals surface area contributed by atoms with Crippen LogP contribution in [0, 0.1) is 0 Å². The number of morpholine rings is 1. The minimum absolute atomic E-state index is 0.274. The number of carbonyl (C=O) groups excluding carboxylic acids is 1. The molecule has 1 amide bonds. The molecule has 3 saturated heterocycles. The van der Waals surface area contributed by atoms with Gasteiger partial charge in [-0.15, -0.1) is 0 Å². The number of hydrogen-bond acceptors (Lipinski definition) is 5. The lowest BCUT2D eigenvalue weighted by Crippen LogP contribution is -2.59. The molecule has 0 saturated carbocycles. The van der Waals surface area contributed by atoms with Crippen LogP contribution in [-0.4, -0.2) is 85.2 Å². The summed E-state index contributed by atoms with van der Waals surface area (Å²) in [6.07, 6.45) is 7.51. The summed E-state index contributed by atoms with van der Waals surface area (Å²) in [7, 11) is 0. The van der Waals surface area contributed by atoms with Crippen molar-refractivity contribution in [3.05, 3.63) is 29.8 Å². The first-order chi connectivity index (χ1) is 15.7. The molecule has 1 unspecified atom stereocenters. The topological polar surface area (TPSA) is 45.2 Å². The third-order valence-corrected chi connectivity index (χ3v) is 7.33. The minimum Gasteiger partial charge on any atom is -0.494 e. The fourth-order valence-electron chi connectivity index (χ4n) is 5.64. The van der Waals surface area contributed by atoms with Crippen LogP contribution in [0.15, 0.2) is 24.3 Å². The normalized spacial score (nSPS) is 25.0. The van der Waals surface area contributed by atoms with Gasteiger partial charge in [0.05, 0.1) is 19.8 Å². The fourth-order valence-corrected chi connectivity index (χ4v) is 5.64. The van der Waals surface area contributed by atoms with Gasteiger partial charge in [-0.2, -0.15) is 0 Å². The predicted molar refractivity (Wildman–Crippen MR) is 127 cm³/mol. The molecular formula is C26H41N3O3. The van der Waals surface area contributed by atoms with Crippen molar-refractivity contribution >= 4 is 5.91 Å². The molecule has 0 aliphatic carbocycles. The Kier molecular flexibility index (Phi) is 8.44. The van der Waals surface area contributed by atoms with E-state index in [1.54, 1.807) is 0 Å². The number of unbranched alkanes of at least 4 members (excludes halogenated alkanes) is 1. The molecule has 0 bridgehead atoms. The molecule has 4 rings (SSSR count). The highest BCUT2D eigenvalue weighted by Crippen LogP contribution is 2.39. The number of nitrogens with zero attached hydrogens (tertiary/aromatic N) is 3. The number of piperidine rings is 1. The van der Waals surface area contributed by atoms with Crippen LogP contribution in [-0.2, 0) is 16.1 Å². The quantitative estimate of drug-likeness (QED) is 0.518.